The molecule has 2 heterocycles. The van der Waals surface area contributed by atoms with Crippen LogP contribution in [0.3, 0.4) is 0 Å². The SMILES string of the molecule is CS(=O)(=O)N(CC(=O)N(Cc1ccco1)CC1CCCO1)C1CC1. The number of hydrogen-bond donors (Lipinski definition) is 0. The minimum Gasteiger partial charge on any atom is -0.467 e. The molecule has 0 radical (unpaired) electrons. The fourth-order valence-corrected chi connectivity index (χ4v) is 4.09. The van der Waals surface area contributed by atoms with Crippen molar-refractivity contribution < 1.29 is 22.4 Å². The Morgan fingerprint density at radius 3 is 2.67 bits per heavy atom. The van der Waals surface area contributed by atoms with Gasteiger partial charge in [0, 0.05) is 19.2 Å². The van der Waals surface area contributed by atoms with Crippen molar-refractivity contribution in [2.45, 2.75) is 44.4 Å². The zero-order valence-electron chi connectivity index (χ0n) is 13.9. The van der Waals surface area contributed by atoms with Gasteiger partial charge in [0.2, 0.25) is 15.9 Å². The Hall–Kier alpha value is -1.38. The first-order valence-corrected chi connectivity index (χ1v) is 10.2. The third kappa shape index (κ3) is 4.58. The number of ether oxygens (including phenoxy) is 1. The highest BCUT2D eigenvalue weighted by Crippen LogP contribution is 2.29. The van der Waals surface area contributed by atoms with Crippen molar-refractivity contribution in [3.63, 3.8) is 0 Å². The minimum atomic E-state index is -3.39. The van der Waals surface area contributed by atoms with Gasteiger partial charge < -0.3 is 14.1 Å². The van der Waals surface area contributed by atoms with Gasteiger partial charge in [-0.05, 0) is 37.8 Å². The van der Waals surface area contributed by atoms with Crippen molar-refractivity contribution in [1.82, 2.24) is 9.21 Å². The van der Waals surface area contributed by atoms with Crippen molar-refractivity contribution in [3.05, 3.63) is 24.2 Å². The van der Waals surface area contributed by atoms with E-state index in [0.29, 0.717) is 25.5 Å². The molecule has 1 aliphatic carbocycles. The van der Waals surface area contributed by atoms with Crippen LogP contribution in [0.15, 0.2) is 22.8 Å². The minimum absolute atomic E-state index is 0.0107. The van der Waals surface area contributed by atoms with Crippen molar-refractivity contribution in [1.29, 1.82) is 0 Å². The topological polar surface area (TPSA) is 80.1 Å². The second kappa shape index (κ2) is 7.25. The summed E-state index contributed by atoms with van der Waals surface area (Å²) in [4.78, 5) is 14.4. The van der Waals surface area contributed by atoms with Gasteiger partial charge in [-0.1, -0.05) is 0 Å². The van der Waals surface area contributed by atoms with Gasteiger partial charge in [0.05, 0.1) is 31.7 Å². The maximum absolute atomic E-state index is 12.8. The molecule has 0 bridgehead atoms. The van der Waals surface area contributed by atoms with Crippen LogP contribution in [-0.4, -0.2) is 61.6 Å². The second-order valence-electron chi connectivity index (χ2n) is 6.53. The molecular weight excluding hydrogens is 332 g/mol. The highest BCUT2D eigenvalue weighted by molar-refractivity contribution is 7.88. The molecule has 24 heavy (non-hydrogen) atoms. The molecule has 2 fully saturated rings. The molecule has 8 heteroatoms. The highest BCUT2D eigenvalue weighted by Gasteiger charge is 2.37. The Morgan fingerprint density at radius 1 is 1.33 bits per heavy atom. The van der Waals surface area contributed by atoms with E-state index < -0.39 is 10.0 Å². The van der Waals surface area contributed by atoms with E-state index in [0.717, 1.165) is 31.9 Å². The van der Waals surface area contributed by atoms with Gasteiger partial charge >= 0.3 is 0 Å². The van der Waals surface area contributed by atoms with Crippen LogP contribution in [0.25, 0.3) is 0 Å². The van der Waals surface area contributed by atoms with Gasteiger partial charge in [-0.2, -0.15) is 4.31 Å². The summed E-state index contributed by atoms with van der Waals surface area (Å²) in [6, 6.07) is 3.55. The lowest BCUT2D eigenvalue weighted by molar-refractivity contribution is -0.134. The molecule has 3 rings (SSSR count). The lowest BCUT2D eigenvalue weighted by Crippen LogP contribution is -2.45. The first kappa shape index (κ1) is 17.4. The second-order valence-corrected chi connectivity index (χ2v) is 8.46. The molecule has 0 aromatic carbocycles. The van der Waals surface area contributed by atoms with Gasteiger partial charge in [-0.3, -0.25) is 4.79 Å². The third-order valence-electron chi connectivity index (χ3n) is 4.40. The van der Waals surface area contributed by atoms with Crippen LogP contribution in [0.2, 0.25) is 0 Å². The number of amides is 1. The summed E-state index contributed by atoms with van der Waals surface area (Å²) < 4.78 is 36.2. The number of sulfonamides is 1. The van der Waals surface area contributed by atoms with E-state index in [-0.39, 0.29) is 24.6 Å². The van der Waals surface area contributed by atoms with E-state index in [1.807, 2.05) is 6.07 Å². The molecule has 1 amide bonds. The normalized spacial score (nSPS) is 21.3. The van der Waals surface area contributed by atoms with Crippen molar-refractivity contribution in [2.24, 2.45) is 0 Å². The number of rotatable bonds is 8. The van der Waals surface area contributed by atoms with E-state index >= 15 is 0 Å². The lowest BCUT2D eigenvalue weighted by Gasteiger charge is -2.27. The lowest BCUT2D eigenvalue weighted by atomic mass is 10.2. The van der Waals surface area contributed by atoms with E-state index in [2.05, 4.69) is 0 Å². The average molecular weight is 356 g/mol. The van der Waals surface area contributed by atoms with Crippen LogP contribution in [-0.2, 0) is 26.1 Å². The molecule has 1 saturated heterocycles. The fourth-order valence-electron chi connectivity index (χ4n) is 2.99. The van der Waals surface area contributed by atoms with Crippen molar-refractivity contribution >= 4 is 15.9 Å². The summed E-state index contributed by atoms with van der Waals surface area (Å²) in [7, 11) is -3.39. The zero-order chi connectivity index (χ0) is 17.2. The number of hydrogen-bond acceptors (Lipinski definition) is 5. The standard InChI is InChI=1S/C16H24N2O5S/c1-24(20,21)18(13-6-7-13)12-16(19)17(10-14-4-2-8-22-14)11-15-5-3-9-23-15/h2,4,8,13,15H,3,5-7,9-12H2,1H3. The Kier molecular flexibility index (Phi) is 5.27. The zero-order valence-corrected chi connectivity index (χ0v) is 14.7. The van der Waals surface area contributed by atoms with Crippen LogP contribution < -0.4 is 0 Å². The largest absolute Gasteiger partial charge is 0.467 e. The highest BCUT2D eigenvalue weighted by atomic mass is 32.2. The summed E-state index contributed by atoms with van der Waals surface area (Å²) in [5.41, 5.74) is 0. The molecule has 2 aliphatic rings. The van der Waals surface area contributed by atoms with Crippen LogP contribution in [0.5, 0.6) is 0 Å². The summed E-state index contributed by atoms with van der Waals surface area (Å²) in [6.07, 6.45) is 6.29. The van der Waals surface area contributed by atoms with Crippen LogP contribution in [0, 0.1) is 0 Å². The number of nitrogens with zero attached hydrogens (tertiary/aromatic N) is 2. The number of carbonyl (C=O) groups is 1. The molecule has 1 atom stereocenters. The van der Waals surface area contributed by atoms with E-state index in [1.165, 1.54) is 4.31 Å². The quantitative estimate of drug-likeness (QED) is 0.699. The summed E-state index contributed by atoms with van der Waals surface area (Å²) in [5, 5.41) is 0. The fraction of sp³-hybridized carbons (Fsp3) is 0.688. The Morgan fingerprint density at radius 2 is 2.12 bits per heavy atom. The summed E-state index contributed by atoms with van der Waals surface area (Å²) in [6.45, 7) is 1.39. The first-order valence-electron chi connectivity index (χ1n) is 8.32. The molecule has 134 valence electrons. The van der Waals surface area contributed by atoms with Gasteiger partial charge in [-0.15, -0.1) is 0 Å². The van der Waals surface area contributed by atoms with E-state index in [1.54, 1.807) is 17.2 Å². The van der Waals surface area contributed by atoms with Gasteiger partial charge in [-0.25, -0.2) is 8.42 Å². The van der Waals surface area contributed by atoms with Crippen LogP contribution in [0.4, 0.5) is 0 Å². The smallest absolute Gasteiger partial charge is 0.238 e. The number of furan rings is 1. The average Bonchev–Trinajstić information content (AvgIpc) is 2.99. The summed E-state index contributed by atoms with van der Waals surface area (Å²) >= 11 is 0. The predicted molar refractivity (Wildman–Crippen MR) is 87.7 cm³/mol. The van der Waals surface area contributed by atoms with E-state index in [9.17, 15) is 13.2 Å². The molecule has 1 aromatic rings. The Bertz CT molecular complexity index is 648. The molecular formula is C16H24N2O5S. The van der Waals surface area contributed by atoms with Crippen LogP contribution >= 0.6 is 0 Å². The van der Waals surface area contributed by atoms with E-state index in [4.69, 9.17) is 9.15 Å². The van der Waals surface area contributed by atoms with Gasteiger partial charge in [0.15, 0.2) is 0 Å². The molecule has 0 spiro atoms. The maximum atomic E-state index is 12.8. The molecule has 1 unspecified atom stereocenters. The van der Waals surface area contributed by atoms with Gasteiger partial charge in [0.1, 0.15) is 5.76 Å². The monoisotopic (exact) mass is 356 g/mol. The molecule has 1 aromatic heterocycles. The molecule has 0 N–H and O–H groups in total. The Labute approximate surface area is 142 Å². The number of carbonyl (C=O) groups excluding carboxylic acids is 1. The predicted octanol–water partition coefficient (Wildman–Crippen LogP) is 1.21. The van der Waals surface area contributed by atoms with Gasteiger partial charge in [0.25, 0.3) is 0 Å². The molecule has 7 nitrogen and oxygen atoms in total. The Balaban J connectivity index is 1.69. The van der Waals surface area contributed by atoms with Crippen molar-refractivity contribution in [3.8, 4) is 0 Å². The molecule has 1 saturated carbocycles. The van der Waals surface area contributed by atoms with Crippen molar-refractivity contribution in [2.75, 3.05) is 26.0 Å². The van der Waals surface area contributed by atoms with Crippen LogP contribution in [0.1, 0.15) is 31.4 Å². The third-order valence-corrected chi connectivity index (χ3v) is 5.68. The summed E-state index contributed by atoms with van der Waals surface area (Å²) in [5.74, 6) is 0.470. The first-order chi connectivity index (χ1) is 11.4. The molecule has 1 aliphatic heterocycles. The maximum Gasteiger partial charge on any atom is 0.238 e.